The van der Waals surface area contributed by atoms with Gasteiger partial charge in [-0.3, -0.25) is 4.79 Å². The maximum atomic E-state index is 13.2. The van der Waals surface area contributed by atoms with Gasteiger partial charge in [0, 0.05) is 11.6 Å². The van der Waals surface area contributed by atoms with Crippen LogP contribution in [0.4, 0.5) is 10.2 Å². The summed E-state index contributed by atoms with van der Waals surface area (Å²) in [6, 6.07) is 13.2. The van der Waals surface area contributed by atoms with Gasteiger partial charge in [-0.2, -0.15) is 0 Å². The normalized spacial score (nSPS) is 10.6. The minimum Gasteiger partial charge on any atom is -0.382 e. The number of aromatic nitrogens is 3. The Morgan fingerprint density at radius 1 is 1.20 bits per heavy atom. The molecular formula is C17H15ClFN5O. The number of hydrogen-bond donors (Lipinski definition) is 2. The molecule has 1 heterocycles. The topological polar surface area (TPSA) is 85.8 Å². The van der Waals surface area contributed by atoms with E-state index in [0.717, 1.165) is 5.56 Å². The minimum absolute atomic E-state index is 0.0327. The van der Waals surface area contributed by atoms with Crippen LogP contribution < -0.4 is 11.1 Å². The lowest BCUT2D eigenvalue weighted by atomic mass is 10.2. The third-order valence-corrected chi connectivity index (χ3v) is 3.83. The Balaban J connectivity index is 1.67. The monoisotopic (exact) mass is 359 g/mol. The first-order chi connectivity index (χ1) is 12.0. The molecule has 0 saturated carbocycles. The van der Waals surface area contributed by atoms with Crippen molar-refractivity contribution in [2.45, 2.75) is 13.1 Å². The molecule has 3 aromatic rings. The number of nitrogen functional groups attached to an aromatic ring is 1. The molecule has 0 aliphatic heterocycles. The number of amides is 1. The Morgan fingerprint density at radius 3 is 2.68 bits per heavy atom. The second-order valence-electron chi connectivity index (χ2n) is 5.42. The summed E-state index contributed by atoms with van der Waals surface area (Å²) in [5.41, 5.74) is 7.54. The molecule has 25 heavy (non-hydrogen) atoms. The predicted octanol–water partition coefficient (Wildman–Crippen LogP) is 2.63. The van der Waals surface area contributed by atoms with Gasteiger partial charge < -0.3 is 11.1 Å². The fourth-order valence-corrected chi connectivity index (χ4v) is 2.40. The van der Waals surface area contributed by atoms with Gasteiger partial charge in [0.05, 0.1) is 6.54 Å². The average molecular weight is 360 g/mol. The third-order valence-electron chi connectivity index (χ3n) is 3.58. The van der Waals surface area contributed by atoms with Gasteiger partial charge in [0.2, 0.25) is 0 Å². The summed E-state index contributed by atoms with van der Waals surface area (Å²) < 4.78 is 14.6. The Morgan fingerprint density at radius 2 is 1.96 bits per heavy atom. The standard InChI is InChI=1S/C17H15ClFN5O/c18-13-6-4-11(5-7-13)9-21-17(25)15-16(20)24(23-22-15)10-12-2-1-3-14(19)8-12/h1-8H,9-10,20H2,(H,21,25). The number of benzene rings is 2. The minimum atomic E-state index is -0.432. The van der Waals surface area contributed by atoms with E-state index in [-0.39, 0.29) is 23.9 Å². The molecule has 0 fully saturated rings. The van der Waals surface area contributed by atoms with E-state index in [9.17, 15) is 9.18 Å². The first-order valence-corrected chi connectivity index (χ1v) is 7.87. The van der Waals surface area contributed by atoms with Gasteiger partial charge in [0.15, 0.2) is 11.5 Å². The molecule has 6 nitrogen and oxygen atoms in total. The van der Waals surface area contributed by atoms with E-state index >= 15 is 0 Å². The maximum absolute atomic E-state index is 13.2. The molecule has 3 N–H and O–H groups in total. The molecule has 0 saturated heterocycles. The molecule has 1 amide bonds. The Bertz CT molecular complexity index is 894. The zero-order valence-corrected chi connectivity index (χ0v) is 13.9. The van der Waals surface area contributed by atoms with Gasteiger partial charge in [-0.05, 0) is 35.4 Å². The van der Waals surface area contributed by atoms with Gasteiger partial charge in [0.1, 0.15) is 5.82 Å². The summed E-state index contributed by atoms with van der Waals surface area (Å²) in [6.45, 7) is 0.535. The number of carbonyl (C=O) groups is 1. The molecule has 0 unspecified atom stereocenters. The molecule has 0 radical (unpaired) electrons. The highest BCUT2D eigenvalue weighted by Gasteiger charge is 2.17. The van der Waals surface area contributed by atoms with Crippen LogP contribution >= 0.6 is 11.6 Å². The van der Waals surface area contributed by atoms with Gasteiger partial charge in [-0.1, -0.05) is 41.1 Å². The van der Waals surface area contributed by atoms with Crippen LogP contribution in [-0.4, -0.2) is 20.9 Å². The predicted molar refractivity (Wildman–Crippen MR) is 92.6 cm³/mol. The average Bonchev–Trinajstić information content (AvgIpc) is 2.95. The summed E-state index contributed by atoms with van der Waals surface area (Å²) >= 11 is 5.82. The van der Waals surface area contributed by atoms with Crippen molar-refractivity contribution >= 4 is 23.3 Å². The smallest absolute Gasteiger partial charge is 0.275 e. The molecule has 8 heteroatoms. The van der Waals surface area contributed by atoms with Crippen molar-refractivity contribution in [2.24, 2.45) is 0 Å². The van der Waals surface area contributed by atoms with Crippen LogP contribution in [0.15, 0.2) is 48.5 Å². The van der Waals surface area contributed by atoms with Crippen LogP contribution in [0, 0.1) is 5.82 Å². The first kappa shape index (κ1) is 16.9. The molecule has 0 bridgehead atoms. The van der Waals surface area contributed by atoms with E-state index in [1.165, 1.54) is 16.8 Å². The van der Waals surface area contributed by atoms with Crippen molar-refractivity contribution in [1.82, 2.24) is 20.3 Å². The van der Waals surface area contributed by atoms with E-state index in [1.54, 1.807) is 24.3 Å². The fraction of sp³-hybridized carbons (Fsp3) is 0.118. The van der Waals surface area contributed by atoms with Crippen molar-refractivity contribution in [2.75, 3.05) is 5.73 Å². The summed E-state index contributed by atoms with van der Waals surface area (Å²) in [5.74, 6) is -0.659. The summed E-state index contributed by atoms with van der Waals surface area (Å²) in [6.07, 6.45) is 0. The van der Waals surface area contributed by atoms with Crippen LogP contribution in [-0.2, 0) is 13.1 Å². The molecule has 0 atom stereocenters. The zero-order valence-electron chi connectivity index (χ0n) is 13.1. The second kappa shape index (κ2) is 7.31. The van der Waals surface area contributed by atoms with E-state index in [0.29, 0.717) is 17.1 Å². The highest BCUT2D eigenvalue weighted by molar-refractivity contribution is 6.30. The van der Waals surface area contributed by atoms with Crippen LogP contribution in [0.1, 0.15) is 21.6 Å². The number of rotatable bonds is 5. The van der Waals surface area contributed by atoms with E-state index in [1.807, 2.05) is 12.1 Å². The Kier molecular flexibility index (Phi) is 4.95. The van der Waals surface area contributed by atoms with Crippen molar-refractivity contribution in [1.29, 1.82) is 0 Å². The summed E-state index contributed by atoms with van der Waals surface area (Å²) in [4.78, 5) is 12.2. The number of nitrogens with one attached hydrogen (secondary N) is 1. The lowest BCUT2D eigenvalue weighted by molar-refractivity contribution is 0.0946. The fourth-order valence-electron chi connectivity index (χ4n) is 2.28. The van der Waals surface area contributed by atoms with E-state index < -0.39 is 5.91 Å². The SMILES string of the molecule is Nc1c(C(=O)NCc2ccc(Cl)cc2)nnn1Cc1cccc(F)c1. The molecule has 0 aliphatic carbocycles. The Labute approximate surface area is 148 Å². The van der Waals surface area contributed by atoms with Crippen molar-refractivity contribution < 1.29 is 9.18 Å². The highest BCUT2D eigenvalue weighted by Crippen LogP contribution is 2.13. The second-order valence-corrected chi connectivity index (χ2v) is 5.86. The van der Waals surface area contributed by atoms with Crippen molar-refractivity contribution in [3.05, 3.63) is 76.2 Å². The van der Waals surface area contributed by atoms with E-state index in [4.69, 9.17) is 17.3 Å². The molecular weight excluding hydrogens is 345 g/mol. The lowest BCUT2D eigenvalue weighted by Crippen LogP contribution is -2.24. The third kappa shape index (κ3) is 4.13. The number of carbonyl (C=O) groups excluding carboxylic acids is 1. The largest absolute Gasteiger partial charge is 0.382 e. The molecule has 3 rings (SSSR count). The number of nitrogens with two attached hydrogens (primary N) is 1. The molecule has 0 spiro atoms. The van der Waals surface area contributed by atoms with Crippen LogP contribution in [0.5, 0.6) is 0 Å². The summed E-state index contributed by atoms with van der Waals surface area (Å²) in [5, 5.41) is 11.0. The highest BCUT2D eigenvalue weighted by atomic mass is 35.5. The molecule has 128 valence electrons. The van der Waals surface area contributed by atoms with Gasteiger partial charge in [-0.25, -0.2) is 9.07 Å². The van der Waals surface area contributed by atoms with E-state index in [2.05, 4.69) is 15.6 Å². The number of nitrogens with zero attached hydrogens (tertiary/aromatic N) is 3. The van der Waals surface area contributed by atoms with Gasteiger partial charge >= 0.3 is 0 Å². The molecule has 1 aromatic heterocycles. The first-order valence-electron chi connectivity index (χ1n) is 7.49. The Hall–Kier alpha value is -2.93. The van der Waals surface area contributed by atoms with Gasteiger partial charge in [0.25, 0.3) is 5.91 Å². The maximum Gasteiger partial charge on any atom is 0.275 e. The molecule has 2 aromatic carbocycles. The van der Waals surface area contributed by atoms with Crippen molar-refractivity contribution in [3.8, 4) is 0 Å². The van der Waals surface area contributed by atoms with Crippen LogP contribution in [0.3, 0.4) is 0 Å². The zero-order chi connectivity index (χ0) is 17.8. The van der Waals surface area contributed by atoms with Crippen molar-refractivity contribution in [3.63, 3.8) is 0 Å². The number of hydrogen-bond acceptors (Lipinski definition) is 4. The lowest BCUT2D eigenvalue weighted by Gasteiger charge is -2.05. The number of anilines is 1. The van der Waals surface area contributed by atoms with Crippen LogP contribution in [0.2, 0.25) is 5.02 Å². The molecule has 0 aliphatic rings. The number of halogens is 2. The summed E-state index contributed by atoms with van der Waals surface area (Å²) in [7, 11) is 0. The van der Waals surface area contributed by atoms with Crippen LogP contribution in [0.25, 0.3) is 0 Å². The quantitative estimate of drug-likeness (QED) is 0.733. The van der Waals surface area contributed by atoms with Gasteiger partial charge in [-0.15, -0.1) is 5.10 Å².